The van der Waals surface area contributed by atoms with Crippen LogP contribution in [0.5, 0.6) is 0 Å². The SMILES string of the molecule is CC/C=C/C/C=C/C/C=C/C/C=C/CCCC(CC(=O)NC(CO)C(O)CCCCCCCCCCCCCCCCC)OC(=O)CCCCCCCCCCCCCCCCCCCC. The van der Waals surface area contributed by atoms with E-state index in [-0.39, 0.29) is 24.9 Å². The van der Waals surface area contributed by atoms with Gasteiger partial charge in [0.05, 0.1) is 25.2 Å². The quantitative estimate of drug-likeness (QED) is 0.0321. The molecular formula is C60H111NO5. The van der Waals surface area contributed by atoms with Gasteiger partial charge in [0, 0.05) is 6.42 Å². The molecular weight excluding hydrogens is 815 g/mol. The molecule has 386 valence electrons. The number of rotatable bonds is 52. The van der Waals surface area contributed by atoms with E-state index in [2.05, 4.69) is 74.7 Å². The third kappa shape index (κ3) is 48.3. The average Bonchev–Trinajstić information content (AvgIpc) is 3.31. The number of hydrogen-bond acceptors (Lipinski definition) is 5. The molecule has 0 bridgehead atoms. The molecule has 6 heteroatoms. The smallest absolute Gasteiger partial charge is 0.306 e. The molecule has 6 nitrogen and oxygen atoms in total. The van der Waals surface area contributed by atoms with Crippen LogP contribution < -0.4 is 5.32 Å². The Morgan fingerprint density at radius 1 is 0.455 bits per heavy atom. The van der Waals surface area contributed by atoms with E-state index in [1.165, 1.54) is 173 Å². The number of amides is 1. The lowest BCUT2D eigenvalue weighted by atomic mass is 10.0. The molecule has 0 aromatic rings. The maximum atomic E-state index is 13.2. The molecule has 3 unspecified atom stereocenters. The topological polar surface area (TPSA) is 95.9 Å². The fraction of sp³-hybridized carbons (Fsp3) is 0.833. The highest BCUT2D eigenvalue weighted by molar-refractivity contribution is 5.77. The second-order valence-corrected chi connectivity index (χ2v) is 19.7. The van der Waals surface area contributed by atoms with Gasteiger partial charge in [-0.2, -0.15) is 0 Å². The molecule has 66 heavy (non-hydrogen) atoms. The lowest BCUT2D eigenvalue weighted by molar-refractivity contribution is -0.151. The van der Waals surface area contributed by atoms with Crippen LogP contribution >= 0.6 is 0 Å². The Balaban J connectivity index is 4.56. The van der Waals surface area contributed by atoms with E-state index < -0.39 is 18.2 Å². The van der Waals surface area contributed by atoms with E-state index in [1.54, 1.807) is 0 Å². The van der Waals surface area contributed by atoms with E-state index >= 15 is 0 Å². The van der Waals surface area contributed by atoms with Crippen LogP contribution in [0.1, 0.15) is 297 Å². The standard InChI is InChI=1S/C60H111NO5/c1-4-7-10-13-16-19-22-25-28-29-30-32-35-38-41-44-47-50-53-60(65)66-56(51-48-45-42-39-36-33-27-24-21-18-15-12-9-6-3)54-59(64)61-57(55-62)58(63)52-49-46-43-40-37-34-31-26-23-20-17-14-11-8-5-2/h9,12,18,21,27,33,39,42,56-58,62-63H,4-8,10-11,13-17,19-20,22-26,28-32,34-38,40-41,43-55H2,1-3H3,(H,61,64)/b12-9+,21-18+,33-27+,42-39+. The van der Waals surface area contributed by atoms with E-state index in [9.17, 15) is 19.8 Å². The highest BCUT2D eigenvalue weighted by atomic mass is 16.5. The van der Waals surface area contributed by atoms with Gasteiger partial charge in [-0.25, -0.2) is 0 Å². The maximum Gasteiger partial charge on any atom is 0.306 e. The molecule has 0 aliphatic heterocycles. The molecule has 0 rings (SSSR count). The Hall–Kier alpha value is -2.18. The first-order valence-electron chi connectivity index (χ1n) is 28.9. The summed E-state index contributed by atoms with van der Waals surface area (Å²) < 4.78 is 5.93. The summed E-state index contributed by atoms with van der Waals surface area (Å²) in [5.41, 5.74) is 0. The predicted octanol–water partition coefficient (Wildman–Crippen LogP) is 17.8. The number of nitrogens with one attached hydrogen (secondary N) is 1. The fourth-order valence-electron chi connectivity index (χ4n) is 8.84. The molecule has 0 saturated carbocycles. The van der Waals surface area contributed by atoms with Gasteiger partial charge in [0.2, 0.25) is 5.91 Å². The number of unbranched alkanes of at least 4 members (excludes halogenated alkanes) is 32. The van der Waals surface area contributed by atoms with Crippen molar-refractivity contribution >= 4 is 11.9 Å². The number of allylic oxidation sites excluding steroid dienone is 8. The molecule has 0 spiro atoms. The second kappa shape index (κ2) is 53.8. The molecule has 3 N–H and O–H groups in total. The predicted molar refractivity (Wildman–Crippen MR) is 287 cm³/mol. The number of esters is 1. The van der Waals surface area contributed by atoms with Crippen molar-refractivity contribution in [2.45, 2.75) is 315 Å². The first-order chi connectivity index (χ1) is 32.5. The van der Waals surface area contributed by atoms with Crippen molar-refractivity contribution in [3.63, 3.8) is 0 Å². The van der Waals surface area contributed by atoms with Crippen molar-refractivity contribution in [2.75, 3.05) is 6.61 Å². The summed E-state index contributed by atoms with van der Waals surface area (Å²) in [6, 6.07) is -0.718. The highest BCUT2D eigenvalue weighted by Gasteiger charge is 2.24. The minimum Gasteiger partial charge on any atom is -0.462 e. The van der Waals surface area contributed by atoms with Gasteiger partial charge in [-0.3, -0.25) is 9.59 Å². The lowest BCUT2D eigenvalue weighted by Gasteiger charge is -2.24. The molecule has 0 aliphatic rings. The first-order valence-corrected chi connectivity index (χ1v) is 28.9. The van der Waals surface area contributed by atoms with Gasteiger partial charge in [0.1, 0.15) is 6.10 Å². The Bertz CT molecular complexity index is 1130. The van der Waals surface area contributed by atoms with Gasteiger partial charge >= 0.3 is 5.97 Å². The van der Waals surface area contributed by atoms with E-state index in [4.69, 9.17) is 4.74 Å². The van der Waals surface area contributed by atoms with Crippen LogP contribution in [0.3, 0.4) is 0 Å². The molecule has 0 aliphatic carbocycles. The summed E-state index contributed by atoms with van der Waals surface area (Å²) in [5, 5.41) is 23.9. The van der Waals surface area contributed by atoms with Crippen LogP contribution in [0.15, 0.2) is 48.6 Å². The zero-order valence-corrected chi connectivity index (χ0v) is 44.1. The third-order valence-corrected chi connectivity index (χ3v) is 13.2. The van der Waals surface area contributed by atoms with E-state index in [0.29, 0.717) is 19.3 Å². The molecule has 0 heterocycles. The minimum atomic E-state index is -0.801. The Kier molecular flexibility index (Phi) is 52.0. The number of ether oxygens (including phenoxy) is 1. The lowest BCUT2D eigenvalue weighted by Crippen LogP contribution is -2.46. The van der Waals surface area contributed by atoms with Gasteiger partial charge in [-0.05, 0) is 57.8 Å². The molecule has 0 aromatic heterocycles. The largest absolute Gasteiger partial charge is 0.462 e. The van der Waals surface area contributed by atoms with E-state index in [0.717, 1.165) is 77.0 Å². The summed E-state index contributed by atoms with van der Waals surface area (Å²) >= 11 is 0. The zero-order chi connectivity index (χ0) is 48.1. The Morgan fingerprint density at radius 2 is 0.818 bits per heavy atom. The summed E-state index contributed by atoms with van der Waals surface area (Å²) in [6.07, 6.45) is 66.1. The van der Waals surface area contributed by atoms with Crippen LogP contribution in [0, 0.1) is 0 Å². The summed E-state index contributed by atoms with van der Waals surface area (Å²) in [6.45, 7) is 6.39. The van der Waals surface area contributed by atoms with Crippen molar-refractivity contribution in [3.8, 4) is 0 Å². The molecule has 0 radical (unpaired) electrons. The second-order valence-electron chi connectivity index (χ2n) is 19.7. The highest BCUT2D eigenvalue weighted by Crippen LogP contribution is 2.18. The summed E-state index contributed by atoms with van der Waals surface area (Å²) in [7, 11) is 0. The first kappa shape index (κ1) is 63.8. The van der Waals surface area contributed by atoms with Crippen molar-refractivity contribution < 1.29 is 24.5 Å². The Labute approximate surface area is 410 Å². The zero-order valence-electron chi connectivity index (χ0n) is 44.1. The van der Waals surface area contributed by atoms with Gasteiger partial charge in [-0.1, -0.05) is 275 Å². The summed E-state index contributed by atoms with van der Waals surface area (Å²) in [5.74, 6) is -0.515. The third-order valence-electron chi connectivity index (χ3n) is 13.2. The molecule has 0 saturated heterocycles. The number of aliphatic hydroxyl groups excluding tert-OH is 2. The number of carbonyl (C=O) groups is 2. The van der Waals surface area contributed by atoms with Crippen molar-refractivity contribution in [1.82, 2.24) is 5.32 Å². The number of carbonyl (C=O) groups excluding carboxylic acids is 2. The molecule has 3 atom stereocenters. The van der Waals surface area contributed by atoms with E-state index in [1.807, 2.05) is 0 Å². The fourth-order valence-corrected chi connectivity index (χ4v) is 8.84. The van der Waals surface area contributed by atoms with Crippen LogP contribution in [0.25, 0.3) is 0 Å². The molecule has 0 aromatic carbocycles. The normalized spacial score (nSPS) is 13.5. The van der Waals surface area contributed by atoms with Gasteiger partial charge < -0.3 is 20.3 Å². The van der Waals surface area contributed by atoms with Crippen LogP contribution in [-0.2, 0) is 14.3 Å². The van der Waals surface area contributed by atoms with Crippen LogP contribution in [-0.4, -0.2) is 46.9 Å². The van der Waals surface area contributed by atoms with Gasteiger partial charge in [0.15, 0.2) is 0 Å². The number of hydrogen-bond donors (Lipinski definition) is 3. The monoisotopic (exact) mass is 926 g/mol. The number of aliphatic hydroxyl groups is 2. The van der Waals surface area contributed by atoms with Crippen molar-refractivity contribution in [2.24, 2.45) is 0 Å². The Morgan fingerprint density at radius 3 is 1.21 bits per heavy atom. The molecule has 0 fully saturated rings. The van der Waals surface area contributed by atoms with Crippen molar-refractivity contribution in [3.05, 3.63) is 48.6 Å². The van der Waals surface area contributed by atoms with Crippen LogP contribution in [0.2, 0.25) is 0 Å². The van der Waals surface area contributed by atoms with Crippen molar-refractivity contribution in [1.29, 1.82) is 0 Å². The van der Waals surface area contributed by atoms with Crippen LogP contribution in [0.4, 0.5) is 0 Å². The summed E-state index contributed by atoms with van der Waals surface area (Å²) in [4.78, 5) is 26.2. The van der Waals surface area contributed by atoms with Gasteiger partial charge in [0.25, 0.3) is 0 Å². The van der Waals surface area contributed by atoms with Gasteiger partial charge in [-0.15, -0.1) is 0 Å². The average molecular weight is 927 g/mol. The minimum absolute atomic E-state index is 0.0429. The maximum absolute atomic E-state index is 13.2. The molecule has 1 amide bonds.